The highest BCUT2D eigenvalue weighted by molar-refractivity contribution is 5.42. The molecule has 0 aromatic rings. The van der Waals surface area contributed by atoms with Crippen molar-refractivity contribution in [2.45, 2.75) is 41.5 Å². The van der Waals surface area contributed by atoms with Gasteiger partial charge in [0.1, 0.15) is 0 Å². The van der Waals surface area contributed by atoms with Gasteiger partial charge in [0.15, 0.2) is 0 Å². The van der Waals surface area contributed by atoms with Gasteiger partial charge in [0, 0.05) is 0 Å². The Morgan fingerprint density at radius 3 is 2.14 bits per heavy atom. The average molecular weight is 190 g/mol. The molecule has 0 N–H and O–H groups in total. The van der Waals surface area contributed by atoms with Crippen molar-refractivity contribution in [2.75, 3.05) is 0 Å². The highest BCUT2D eigenvalue weighted by Crippen LogP contribution is 2.33. The van der Waals surface area contributed by atoms with Crippen LogP contribution in [-0.2, 0) is 0 Å². The zero-order chi connectivity index (χ0) is 10.9. The fraction of sp³-hybridized carbons (Fsp3) is 0.571. The molecule has 14 heavy (non-hydrogen) atoms. The fourth-order valence-electron chi connectivity index (χ4n) is 2.26. The molecule has 1 atom stereocenters. The first-order chi connectivity index (χ1) is 6.45. The molecule has 1 aliphatic rings. The van der Waals surface area contributed by atoms with E-state index >= 15 is 0 Å². The van der Waals surface area contributed by atoms with Crippen LogP contribution in [0.1, 0.15) is 41.5 Å². The molecule has 0 radical (unpaired) electrons. The van der Waals surface area contributed by atoms with Crippen LogP contribution in [0.15, 0.2) is 34.4 Å². The van der Waals surface area contributed by atoms with E-state index in [4.69, 9.17) is 0 Å². The number of rotatable bonds is 1. The Balaban J connectivity index is 3.26. The van der Waals surface area contributed by atoms with Gasteiger partial charge in [-0.15, -0.1) is 0 Å². The highest BCUT2D eigenvalue weighted by Gasteiger charge is 2.18. The molecule has 0 saturated carbocycles. The fourth-order valence-corrected chi connectivity index (χ4v) is 2.26. The molecule has 0 bridgehead atoms. The van der Waals surface area contributed by atoms with Gasteiger partial charge in [-0.2, -0.15) is 0 Å². The van der Waals surface area contributed by atoms with Crippen LogP contribution in [0.3, 0.4) is 0 Å². The molecule has 0 saturated heterocycles. The normalized spacial score (nSPS) is 23.5. The van der Waals surface area contributed by atoms with E-state index in [1.54, 1.807) is 5.57 Å². The zero-order valence-electron chi connectivity index (χ0n) is 10.3. The first-order valence-electron chi connectivity index (χ1n) is 5.51. The molecule has 1 rings (SSSR count). The standard InChI is InChI=1S/C14H22/c1-9(2)14-12(5)10(3)7-8-11(4)13(14)6/h7-9,12H,1-6H3. The Bertz CT molecular complexity index is 311. The Labute approximate surface area is 88.4 Å². The SMILES string of the molecule is CC1=CC=C(C)C(C)C(C(C)C)=C1C. The second-order valence-corrected chi connectivity index (χ2v) is 4.72. The molecule has 0 aromatic carbocycles. The van der Waals surface area contributed by atoms with E-state index < -0.39 is 0 Å². The van der Waals surface area contributed by atoms with Crippen molar-refractivity contribution < 1.29 is 0 Å². The molecule has 0 spiro atoms. The summed E-state index contributed by atoms with van der Waals surface area (Å²) >= 11 is 0. The lowest BCUT2D eigenvalue weighted by Crippen LogP contribution is -2.09. The summed E-state index contributed by atoms with van der Waals surface area (Å²) in [6.07, 6.45) is 4.51. The van der Waals surface area contributed by atoms with Crippen molar-refractivity contribution >= 4 is 0 Å². The van der Waals surface area contributed by atoms with Crippen molar-refractivity contribution in [1.82, 2.24) is 0 Å². The van der Waals surface area contributed by atoms with Gasteiger partial charge in [0.25, 0.3) is 0 Å². The maximum Gasteiger partial charge on any atom is -0.00127 e. The molecule has 0 aromatic heterocycles. The largest absolute Gasteiger partial charge is 0.0664 e. The third kappa shape index (κ3) is 2.00. The van der Waals surface area contributed by atoms with E-state index in [0.29, 0.717) is 11.8 Å². The van der Waals surface area contributed by atoms with Crippen LogP contribution < -0.4 is 0 Å². The van der Waals surface area contributed by atoms with Crippen molar-refractivity contribution in [3.05, 3.63) is 34.4 Å². The molecule has 1 aliphatic carbocycles. The minimum absolute atomic E-state index is 0.601. The summed E-state index contributed by atoms with van der Waals surface area (Å²) in [5.41, 5.74) is 5.98. The minimum Gasteiger partial charge on any atom is -0.0664 e. The highest BCUT2D eigenvalue weighted by atomic mass is 14.2. The Kier molecular flexibility index (Phi) is 3.36. The van der Waals surface area contributed by atoms with Gasteiger partial charge in [0.2, 0.25) is 0 Å². The summed E-state index contributed by atoms with van der Waals surface area (Å²) in [5, 5.41) is 0. The van der Waals surface area contributed by atoms with E-state index in [1.807, 2.05) is 0 Å². The average Bonchev–Trinajstić information content (AvgIpc) is 2.19. The topological polar surface area (TPSA) is 0 Å². The van der Waals surface area contributed by atoms with Crippen LogP contribution in [0.5, 0.6) is 0 Å². The van der Waals surface area contributed by atoms with E-state index in [-0.39, 0.29) is 0 Å². The maximum absolute atomic E-state index is 2.32. The lowest BCUT2D eigenvalue weighted by Gasteiger charge is -2.22. The second-order valence-electron chi connectivity index (χ2n) is 4.72. The van der Waals surface area contributed by atoms with E-state index in [2.05, 4.69) is 53.7 Å². The van der Waals surface area contributed by atoms with Crippen LogP contribution in [0.25, 0.3) is 0 Å². The lowest BCUT2D eigenvalue weighted by atomic mass is 9.83. The summed E-state index contributed by atoms with van der Waals surface area (Å²) in [6.45, 7) is 13.6. The quantitative estimate of drug-likeness (QED) is 0.571. The minimum atomic E-state index is 0.601. The van der Waals surface area contributed by atoms with Gasteiger partial charge >= 0.3 is 0 Å². The van der Waals surface area contributed by atoms with Crippen LogP contribution in [0, 0.1) is 11.8 Å². The summed E-state index contributed by atoms with van der Waals surface area (Å²) < 4.78 is 0. The van der Waals surface area contributed by atoms with Gasteiger partial charge in [-0.3, -0.25) is 0 Å². The van der Waals surface area contributed by atoms with Gasteiger partial charge < -0.3 is 0 Å². The van der Waals surface area contributed by atoms with Crippen LogP contribution >= 0.6 is 0 Å². The van der Waals surface area contributed by atoms with Crippen molar-refractivity contribution in [2.24, 2.45) is 11.8 Å². The van der Waals surface area contributed by atoms with Crippen molar-refractivity contribution in [3.63, 3.8) is 0 Å². The predicted molar refractivity (Wildman–Crippen MR) is 64.2 cm³/mol. The van der Waals surface area contributed by atoms with Crippen molar-refractivity contribution in [1.29, 1.82) is 0 Å². The van der Waals surface area contributed by atoms with Crippen LogP contribution in [0.4, 0.5) is 0 Å². The van der Waals surface area contributed by atoms with Gasteiger partial charge in [-0.1, -0.05) is 44.1 Å². The first-order valence-corrected chi connectivity index (χ1v) is 5.51. The molecule has 0 fully saturated rings. The molecular weight excluding hydrogens is 168 g/mol. The molecule has 0 heteroatoms. The maximum atomic E-state index is 2.32. The Morgan fingerprint density at radius 2 is 1.64 bits per heavy atom. The Hall–Kier alpha value is -0.780. The summed E-state index contributed by atoms with van der Waals surface area (Å²) in [7, 11) is 0. The number of allylic oxidation sites excluding steroid dienone is 6. The molecule has 0 heterocycles. The number of hydrogen-bond donors (Lipinski definition) is 0. The van der Waals surface area contributed by atoms with E-state index in [9.17, 15) is 0 Å². The predicted octanol–water partition coefficient (Wildman–Crippen LogP) is 4.50. The molecule has 0 amide bonds. The summed E-state index contributed by atoms with van der Waals surface area (Å²) in [6, 6.07) is 0. The Morgan fingerprint density at radius 1 is 1.07 bits per heavy atom. The third-order valence-electron chi connectivity index (χ3n) is 3.39. The lowest BCUT2D eigenvalue weighted by molar-refractivity contribution is 0.635. The molecular formula is C14H22. The second kappa shape index (κ2) is 4.16. The van der Waals surface area contributed by atoms with E-state index in [0.717, 1.165) is 0 Å². The van der Waals surface area contributed by atoms with Crippen LogP contribution in [-0.4, -0.2) is 0 Å². The van der Waals surface area contributed by atoms with Crippen LogP contribution in [0.2, 0.25) is 0 Å². The first kappa shape index (κ1) is 11.3. The molecule has 0 aliphatic heterocycles. The van der Waals surface area contributed by atoms with Gasteiger partial charge in [-0.05, 0) is 43.8 Å². The molecule has 0 nitrogen and oxygen atoms in total. The zero-order valence-corrected chi connectivity index (χ0v) is 10.3. The molecule has 78 valence electrons. The third-order valence-corrected chi connectivity index (χ3v) is 3.39. The van der Waals surface area contributed by atoms with Gasteiger partial charge in [0.05, 0.1) is 0 Å². The smallest absolute Gasteiger partial charge is 0.00127 e. The molecule has 1 unspecified atom stereocenters. The number of hydrogen-bond acceptors (Lipinski definition) is 0. The summed E-state index contributed by atoms with van der Waals surface area (Å²) in [4.78, 5) is 0. The monoisotopic (exact) mass is 190 g/mol. The summed E-state index contributed by atoms with van der Waals surface area (Å²) in [5.74, 6) is 1.25. The van der Waals surface area contributed by atoms with Crippen molar-refractivity contribution in [3.8, 4) is 0 Å². The van der Waals surface area contributed by atoms with Gasteiger partial charge in [-0.25, -0.2) is 0 Å². The van der Waals surface area contributed by atoms with E-state index in [1.165, 1.54) is 16.7 Å².